The Morgan fingerprint density at radius 2 is 1.94 bits per heavy atom. The quantitative estimate of drug-likeness (QED) is 0.745. The van der Waals surface area contributed by atoms with Crippen molar-refractivity contribution >= 4 is 11.7 Å². The average molecular weight is 242 g/mol. The van der Waals surface area contributed by atoms with Crippen LogP contribution >= 0.6 is 0 Å². The second kappa shape index (κ2) is 4.92. The van der Waals surface area contributed by atoms with Gasteiger partial charge in [-0.05, 0) is 18.4 Å². The fourth-order valence-corrected chi connectivity index (χ4v) is 2.77. The monoisotopic (exact) mass is 242 g/mol. The number of fused-ring (bicyclic) bond motifs is 1. The Morgan fingerprint density at radius 1 is 1.11 bits per heavy atom. The topological polar surface area (TPSA) is 32.7 Å². The standard InChI is InChI=1S/C15H18N2O/c18-15-11-13(12-7-3-1-4-8-12)16-14-9-5-2-6-10-17(14)15/h1,3-4,7-8,13H,2,5-6,9-11H2. The van der Waals surface area contributed by atoms with Crippen molar-refractivity contribution in [2.75, 3.05) is 6.54 Å². The molecular weight excluding hydrogens is 224 g/mol. The number of carbonyl (C=O) groups excluding carboxylic acids is 1. The molecule has 0 radical (unpaired) electrons. The van der Waals surface area contributed by atoms with Crippen molar-refractivity contribution in [1.82, 2.24) is 4.90 Å². The first kappa shape index (κ1) is 11.5. The molecule has 0 spiro atoms. The molecule has 2 aliphatic rings. The van der Waals surface area contributed by atoms with Crippen LogP contribution in [-0.4, -0.2) is 23.2 Å². The predicted octanol–water partition coefficient (Wildman–Crippen LogP) is 2.93. The van der Waals surface area contributed by atoms with Gasteiger partial charge in [0, 0.05) is 13.0 Å². The predicted molar refractivity (Wildman–Crippen MR) is 71.4 cm³/mol. The zero-order valence-corrected chi connectivity index (χ0v) is 10.5. The molecule has 1 saturated heterocycles. The smallest absolute Gasteiger partial charge is 0.230 e. The van der Waals surface area contributed by atoms with Crippen molar-refractivity contribution in [3.8, 4) is 0 Å². The molecular formula is C15H18N2O. The number of nitrogens with zero attached hydrogens (tertiary/aromatic N) is 2. The molecule has 3 rings (SSSR count). The third-order valence-electron chi connectivity index (χ3n) is 3.75. The van der Waals surface area contributed by atoms with Crippen LogP contribution in [0.4, 0.5) is 0 Å². The molecule has 1 unspecified atom stereocenters. The lowest BCUT2D eigenvalue weighted by molar-refractivity contribution is -0.128. The number of hydrogen-bond acceptors (Lipinski definition) is 2. The van der Waals surface area contributed by atoms with Crippen LogP contribution < -0.4 is 0 Å². The number of hydrogen-bond donors (Lipinski definition) is 0. The van der Waals surface area contributed by atoms with Crippen LogP contribution in [0, 0.1) is 0 Å². The number of carbonyl (C=O) groups is 1. The Hall–Kier alpha value is -1.64. The summed E-state index contributed by atoms with van der Waals surface area (Å²) in [5.74, 6) is 1.26. The highest BCUT2D eigenvalue weighted by Gasteiger charge is 2.29. The molecule has 1 atom stereocenters. The summed E-state index contributed by atoms with van der Waals surface area (Å²) in [5, 5.41) is 0. The maximum atomic E-state index is 12.2. The molecule has 1 fully saturated rings. The van der Waals surface area contributed by atoms with E-state index in [0.29, 0.717) is 6.42 Å². The van der Waals surface area contributed by atoms with Crippen molar-refractivity contribution in [2.24, 2.45) is 4.99 Å². The van der Waals surface area contributed by atoms with Gasteiger partial charge in [0.25, 0.3) is 0 Å². The minimum absolute atomic E-state index is 0.0306. The molecule has 3 heteroatoms. The molecule has 2 heterocycles. The first-order valence-corrected chi connectivity index (χ1v) is 6.76. The molecule has 0 aromatic heterocycles. The summed E-state index contributed by atoms with van der Waals surface area (Å²) < 4.78 is 0. The highest BCUT2D eigenvalue weighted by molar-refractivity contribution is 6.00. The first-order valence-electron chi connectivity index (χ1n) is 6.76. The maximum Gasteiger partial charge on any atom is 0.230 e. The number of aliphatic imine (C=N–C) groups is 1. The van der Waals surface area contributed by atoms with Crippen molar-refractivity contribution in [3.05, 3.63) is 35.9 Å². The number of amides is 1. The molecule has 0 saturated carbocycles. The van der Waals surface area contributed by atoms with Gasteiger partial charge in [-0.3, -0.25) is 9.79 Å². The van der Waals surface area contributed by atoms with Crippen LogP contribution in [0.1, 0.15) is 43.7 Å². The van der Waals surface area contributed by atoms with Gasteiger partial charge >= 0.3 is 0 Å². The van der Waals surface area contributed by atoms with Gasteiger partial charge in [0.1, 0.15) is 5.84 Å². The fourth-order valence-electron chi connectivity index (χ4n) is 2.77. The normalized spacial score (nSPS) is 24.2. The highest BCUT2D eigenvalue weighted by atomic mass is 16.2. The zero-order valence-electron chi connectivity index (χ0n) is 10.5. The van der Waals surface area contributed by atoms with Gasteiger partial charge in [-0.1, -0.05) is 36.8 Å². The second-order valence-electron chi connectivity index (χ2n) is 5.03. The molecule has 94 valence electrons. The Kier molecular flexibility index (Phi) is 3.13. The largest absolute Gasteiger partial charge is 0.301 e. The lowest BCUT2D eigenvalue weighted by atomic mass is 10.0. The van der Waals surface area contributed by atoms with Crippen molar-refractivity contribution in [1.29, 1.82) is 0 Å². The van der Waals surface area contributed by atoms with Gasteiger partial charge in [-0.15, -0.1) is 0 Å². The van der Waals surface area contributed by atoms with Crippen LogP contribution in [0.5, 0.6) is 0 Å². The Bertz CT molecular complexity index is 467. The SMILES string of the molecule is O=C1CC(c2ccccc2)N=C2CCCCCN12. The third kappa shape index (κ3) is 2.17. The van der Waals surface area contributed by atoms with E-state index in [0.717, 1.165) is 37.2 Å². The van der Waals surface area contributed by atoms with E-state index < -0.39 is 0 Å². The van der Waals surface area contributed by atoms with E-state index in [9.17, 15) is 4.79 Å². The summed E-state index contributed by atoms with van der Waals surface area (Å²) >= 11 is 0. The lowest BCUT2D eigenvalue weighted by Gasteiger charge is -2.30. The molecule has 1 aromatic carbocycles. The van der Waals surface area contributed by atoms with E-state index in [-0.39, 0.29) is 11.9 Å². The van der Waals surface area contributed by atoms with Gasteiger partial charge in [-0.2, -0.15) is 0 Å². The summed E-state index contributed by atoms with van der Waals surface area (Å²) in [4.78, 5) is 18.9. The zero-order chi connectivity index (χ0) is 12.4. The minimum atomic E-state index is 0.0306. The first-order chi connectivity index (χ1) is 8.84. The van der Waals surface area contributed by atoms with Crippen LogP contribution in [0.2, 0.25) is 0 Å². The summed E-state index contributed by atoms with van der Waals surface area (Å²) in [5.41, 5.74) is 1.15. The molecule has 2 aliphatic heterocycles. The molecule has 0 bridgehead atoms. The average Bonchev–Trinajstić information content (AvgIpc) is 2.65. The lowest BCUT2D eigenvalue weighted by Crippen LogP contribution is -2.40. The molecule has 1 amide bonds. The van der Waals surface area contributed by atoms with Gasteiger partial charge < -0.3 is 4.90 Å². The number of rotatable bonds is 1. The van der Waals surface area contributed by atoms with E-state index in [1.165, 1.54) is 6.42 Å². The Balaban J connectivity index is 1.90. The summed E-state index contributed by atoms with van der Waals surface area (Å²) in [6, 6.07) is 10.2. The Morgan fingerprint density at radius 3 is 2.78 bits per heavy atom. The van der Waals surface area contributed by atoms with Gasteiger partial charge in [-0.25, -0.2) is 0 Å². The van der Waals surface area contributed by atoms with Crippen molar-refractivity contribution in [3.63, 3.8) is 0 Å². The fraction of sp³-hybridized carbons (Fsp3) is 0.467. The number of benzene rings is 1. The van der Waals surface area contributed by atoms with Crippen LogP contribution in [0.3, 0.4) is 0 Å². The summed E-state index contributed by atoms with van der Waals surface area (Å²) in [6.45, 7) is 0.860. The minimum Gasteiger partial charge on any atom is -0.301 e. The second-order valence-corrected chi connectivity index (χ2v) is 5.03. The molecule has 0 aliphatic carbocycles. The maximum absolute atomic E-state index is 12.2. The van der Waals surface area contributed by atoms with Gasteiger partial charge in [0.2, 0.25) is 5.91 Å². The van der Waals surface area contributed by atoms with Gasteiger partial charge in [0.15, 0.2) is 0 Å². The summed E-state index contributed by atoms with van der Waals surface area (Å²) in [6.07, 6.45) is 4.95. The molecule has 0 N–H and O–H groups in total. The molecule has 18 heavy (non-hydrogen) atoms. The van der Waals surface area contributed by atoms with E-state index in [1.807, 2.05) is 23.1 Å². The highest BCUT2D eigenvalue weighted by Crippen LogP contribution is 2.29. The molecule has 3 nitrogen and oxygen atoms in total. The molecule has 1 aromatic rings. The van der Waals surface area contributed by atoms with E-state index in [1.54, 1.807) is 0 Å². The van der Waals surface area contributed by atoms with Crippen molar-refractivity contribution < 1.29 is 4.79 Å². The Labute approximate surface area is 108 Å². The van der Waals surface area contributed by atoms with Crippen LogP contribution in [-0.2, 0) is 4.79 Å². The van der Waals surface area contributed by atoms with Crippen LogP contribution in [0.15, 0.2) is 35.3 Å². The number of amidine groups is 1. The third-order valence-corrected chi connectivity index (χ3v) is 3.75. The van der Waals surface area contributed by atoms with E-state index in [2.05, 4.69) is 12.1 Å². The summed E-state index contributed by atoms with van der Waals surface area (Å²) in [7, 11) is 0. The van der Waals surface area contributed by atoms with Crippen LogP contribution in [0.25, 0.3) is 0 Å². The van der Waals surface area contributed by atoms with Crippen molar-refractivity contribution in [2.45, 2.75) is 38.1 Å². The van der Waals surface area contributed by atoms with E-state index >= 15 is 0 Å². The van der Waals surface area contributed by atoms with E-state index in [4.69, 9.17) is 4.99 Å². The van der Waals surface area contributed by atoms with Gasteiger partial charge in [0.05, 0.1) is 12.5 Å².